The molecule has 1 aromatic rings. The van der Waals surface area contributed by atoms with Crippen LogP contribution in [0.15, 0.2) is 24.3 Å². The summed E-state index contributed by atoms with van der Waals surface area (Å²) in [7, 11) is 0. The number of nitrogens with one attached hydrogen (secondary N) is 2. The lowest BCUT2D eigenvalue weighted by Crippen LogP contribution is -2.61. The molecule has 4 rings (SSSR count). The van der Waals surface area contributed by atoms with E-state index in [4.69, 9.17) is 4.74 Å². The van der Waals surface area contributed by atoms with Crippen LogP contribution in [0, 0.1) is 0 Å². The third kappa shape index (κ3) is 3.33. The van der Waals surface area contributed by atoms with E-state index >= 15 is 0 Å². The van der Waals surface area contributed by atoms with Crippen LogP contribution >= 0.6 is 0 Å². The molecule has 0 saturated carbocycles. The highest BCUT2D eigenvalue weighted by molar-refractivity contribution is 6.06. The topological polar surface area (TPSA) is 56.8 Å². The van der Waals surface area contributed by atoms with Gasteiger partial charge in [-0.3, -0.25) is 9.69 Å². The maximum Gasteiger partial charge on any atom is 0.250 e. The Labute approximate surface area is 155 Å². The van der Waals surface area contributed by atoms with E-state index in [1.165, 1.54) is 0 Å². The molecule has 1 spiro atoms. The van der Waals surface area contributed by atoms with Gasteiger partial charge in [0.2, 0.25) is 5.91 Å². The second-order valence-corrected chi connectivity index (χ2v) is 8.39. The summed E-state index contributed by atoms with van der Waals surface area (Å²) in [5, 5.41) is 6.64. The largest absolute Gasteiger partial charge is 0.379 e. The third-order valence-corrected chi connectivity index (χ3v) is 6.17. The summed E-state index contributed by atoms with van der Waals surface area (Å²) in [6.07, 6.45) is 1.68. The molecule has 0 aliphatic carbocycles. The van der Waals surface area contributed by atoms with Crippen LogP contribution in [-0.2, 0) is 9.53 Å². The average molecular weight is 358 g/mol. The molecule has 2 N–H and O–H groups in total. The quantitative estimate of drug-likeness (QED) is 0.866. The summed E-state index contributed by atoms with van der Waals surface area (Å²) < 4.78 is 5.49. The summed E-state index contributed by atoms with van der Waals surface area (Å²) in [6.45, 7) is 11.2. The van der Waals surface area contributed by atoms with Crippen molar-refractivity contribution >= 4 is 17.3 Å². The maximum atomic E-state index is 12.8. The van der Waals surface area contributed by atoms with E-state index in [9.17, 15) is 4.79 Å². The summed E-state index contributed by atoms with van der Waals surface area (Å²) in [5.74, 6) is 0.114. The van der Waals surface area contributed by atoms with Crippen molar-refractivity contribution in [3.63, 3.8) is 0 Å². The number of carbonyl (C=O) groups excluding carboxylic acids is 1. The maximum absolute atomic E-state index is 12.8. The van der Waals surface area contributed by atoms with Crippen molar-refractivity contribution in [2.45, 2.75) is 37.8 Å². The standard InChI is InChI=1S/C20H30N4O2/c1-19(2,24-11-13-26-14-12-24)15-23-9-7-20(8-10-23)18(25)21-16-5-3-4-6-17(16)22-20/h3-6,22H,7-15H2,1-2H3,(H,21,25). The van der Waals surface area contributed by atoms with E-state index in [1.54, 1.807) is 0 Å². The van der Waals surface area contributed by atoms with Gasteiger partial charge in [-0.25, -0.2) is 0 Å². The van der Waals surface area contributed by atoms with Crippen molar-refractivity contribution in [2.75, 3.05) is 56.6 Å². The lowest BCUT2D eigenvalue weighted by atomic mass is 9.84. The SMILES string of the molecule is CC(C)(CN1CCC2(CC1)Nc1ccccc1NC2=O)N1CCOCC1. The number of carbonyl (C=O) groups is 1. The molecular weight excluding hydrogens is 328 g/mol. The molecule has 3 aliphatic heterocycles. The van der Waals surface area contributed by atoms with Crippen molar-refractivity contribution < 1.29 is 9.53 Å². The van der Waals surface area contributed by atoms with Gasteiger partial charge >= 0.3 is 0 Å². The van der Waals surface area contributed by atoms with Crippen molar-refractivity contribution in [1.82, 2.24) is 9.80 Å². The fourth-order valence-electron chi connectivity index (χ4n) is 4.52. The van der Waals surface area contributed by atoms with Gasteiger partial charge in [-0.05, 0) is 38.8 Å². The lowest BCUT2D eigenvalue weighted by molar-refractivity contribution is -0.122. The zero-order chi connectivity index (χ0) is 18.2. The Bertz CT molecular complexity index is 662. The first-order chi connectivity index (χ1) is 12.5. The van der Waals surface area contributed by atoms with Gasteiger partial charge in [0, 0.05) is 38.3 Å². The smallest absolute Gasteiger partial charge is 0.250 e. The molecule has 6 heteroatoms. The molecule has 1 aromatic carbocycles. The van der Waals surface area contributed by atoms with Gasteiger partial charge in [-0.1, -0.05) is 12.1 Å². The number of hydrogen-bond donors (Lipinski definition) is 2. The first-order valence-electron chi connectivity index (χ1n) is 9.72. The number of amides is 1. The number of ether oxygens (including phenoxy) is 1. The molecule has 0 unspecified atom stereocenters. The summed E-state index contributed by atoms with van der Waals surface area (Å²) in [6, 6.07) is 7.96. The van der Waals surface area contributed by atoms with Crippen LogP contribution in [-0.4, -0.2) is 72.7 Å². The van der Waals surface area contributed by atoms with Gasteiger partial charge in [-0.15, -0.1) is 0 Å². The molecule has 3 aliphatic rings. The zero-order valence-corrected chi connectivity index (χ0v) is 15.9. The molecule has 26 heavy (non-hydrogen) atoms. The average Bonchev–Trinajstić information content (AvgIpc) is 2.65. The lowest BCUT2D eigenvalue weighted by Gasteiger charge is -2.48. The fourth-order valence-corrected chi connectivity index (χ4v) is 4.52. The molecule has 2 fully saturated rings. The number of rotatable bonds is 3. The van der Waals surface area contributed by atoms with E-state index in [2.05, 4.69) is 34.3 Å². The van der Waals surface area contributed by atoms with Crippen molar-refractivity contribution in [1.29, 1.82) is 0 Å². The molecular formula is C20H30N4O2. The van der Waals surface area contributed by atoms with E-state index in [0.29, 0.717) is 0 Å². The van der Waals surface area contributed by atoms with Crippen LogP contribution in [0.4, 0.5) is 11.4 Å². The number of fused-ring (bicyclic) bond motifs is 1. The predicted molar refractivity (Wildman–Crippen MR) is 104 cm³/mol. The predicted octanol–water partition coefficient (Wildman–Crippen LogP) is 2.00. The van der Waals surface area contributed by atoms with Gasteiger partial charge < -0.3 is 20.3 Å². The molecule has 0 atom stereocenters. The molecule has 0 bridgehead atoms. The summed E-state index contributed by atoms with van der Waals surface area (Å²) in [5.41, 5.74) is 1.59. The van der Waals surface area contributed by atoms with Crippen molar-refractivity contribution in [3.8, 4) is 0 Å². The number of anilines is 2. The molecule has 6 nitrogen and oxygen atoms in total. The molecule has 142 valence electrons. The van der Waals surface area contributed by atoms with Crippen LogP contribution in [0.3, 0.4) is 0 Å². The van der Waals surface area contributed by atoms with Gasteiger partial charge in [-0.2, -0.15) is 0 Å². The van der Waals surface area contributed by atoms with Crippen LogP contribution in [0.5, 0.6) is 0 Å². The minimum atomic E-state index is -0.464. The molecule has 1 amide bonds. The van der Waals surface area contributed by atoms with E-state index < -0.39 is 5.54 Å². The van der Waals surface area contributed by atoms with Crippen LogP contribution in [0.25, 0.3) is 0 Å². The zero-order valence-electron chi connectivity index (χ0n) is 15.9. The first-order valence-corrected chi connectivity index (χ1v) is 9.72. The Balaban J connectivity index is 1.39. The number of piperidine rings is 1. The normalized spacial score (nSPS) is 24.0. The van der Waals surface area contributed by atoms with E-state index in [0.717, 1.165) is 70.2 Å². The third-order valence-electron chi connectivity index (χ3n) is 6.17. The second-order valence-electron chi connectivity index (χ2n) is 8.39. The van der Waals surface area contributed by atoms with Crippen molar-refractivity contribution in [2.24, 2.45) is 0 Å². The number of hydrogen-bond acceptors (Lipinski definition) is 5. The minimum absolute atomic E-state index is 0.114. The Morgan fingerprint density at radius 3 is 2.42 bits per heavy atom. The van der Waals surface area contributed by atoms with Crippen LogP contribution < -0.4 is 10.6 Å². The number of morpholine rings is 1. The second kappa shape index (κ2) is 6.83. The Morgan fingerprint density at radius 2 is 1.73 bits per heavy atom. The van der Waals surface area contributed by atoms with Gasteiger partial charge in [0.1, 0.15) is 5.54 Å². The Kier molecular flexibility index (Phi) is 4.67. The van der Waals surface area contributed by atoms with Crippen LogP contribution in [0.1, 0.15) is 26.7 Å². The highest BCUT2D eigenvalue weighted by Gasteiger charge is 2.45. The monoisotopic (exact) mass is 358 g/mol. The highest BCUT2D eigenvalue weighted by Crippen LogP contribution is 2.36. The molecule has 2 saturated heterocycles. The summed E-state index contributed by atoms with van der Waals surface area (Å²) >= 11 is 0. The highest BCUT2D eigenvalue weighted by atomic mass is 16.5. The van der Waals surface area contributed by atoms with Gasteiger partial charge in [0.25, 0.3) is 0 Å². The number of likely N-dealkylation sites (tertiary alicyclic amines) is 1. The number of para-hydroxylation sites is 2. The van der Waals surface area contributed by atoms with E-state index in [1.807, 2.05) is 24.3 Å². The molecule has 0 aromatic heterocycles. The fraction of sp³-hybridized carbons (Fsp3) is 0.650. The first kappa shape index (κ1) is 17.8. The number of nitrogens with zero attached hydrogens (tertiary/aromatic N) is 2. The Hall–Kier alpha value is -1.63. The van der Waals surface area contributed by atoms with Crippen LogP contribution in [0.2, 0.25) is 0 Å². The van der Waals surface area contributed by atoms with E-state index in [-0.39, 0.29) is 11.4 Å². The molecule has 3 heterocycles. The minimum Gasteiger partial charge on any atom is -0.379 e. The number of benzene rings is 1. The van der Waals surface area contributed by atoms with Crippen molar-refractivity contribution in [3.05, 3.63) is 24.3 Å². The molecule has 0 radical (unpaired) electrons. The Morgan fingerprint density at radius 1 is 1.08 bits per heavy atom. The summed E-state index contributed by atoms with van der Waals surface area (Å²) in [4.78, 5) is 17.8. The van der Waals surface area contributed by atoms with Gasteiger partial charge in [0.15, 0.2) is 0 Å². The van der Waals surface area contributed by atoms with Gasteiger partial charge in [0.05, 0.1) is 24.6 Å².